The first-order valence-electron chi connectivity index (χ1n) is 8.80. The molecule has 5 nitrogen and oxygen atoms in total. The third kappa shape index (κ3) is 4.27. The fourth-order valence-corrected chi connectivity index (χ4v) is 3.09. The van der Waals surface area contributed by atoms with E-state index in [-0.39, 0.29) is 24.6 Å². The summed E-state index contributed by atoms with van der Waals surface area (Å²) in [6, 6.07) is 11.4. The Kier molecular flexibility index (Phi) is 5.58. The third-order valence-electron chi connectivity index (χ3n) is 4.41. The van der Waals surface area contributed by atoms with E-state index in [1.54, 1.807) is 24.3 Å². The minimum absolute atomic E-state index is 0.0226. The first kappa shape index (κ1) is 19.7. The van der Waals surface area contributed by atoms with Gasteiger partial charge in [0, 0.05) is 18.7 Å². The summed E-state index contributed by atoms with van der Waals surface area (Å²) in [5.74, 6) is -0.866. The molecule has 2 aromatic rings. The summed E-state index contributed by atoms with van der Waals surface area (Å²) in [5.41, 5.74) is -0.232. The molecule has 1 heterocycles. The molecule has 3 rings (SSSR count). The maximum atomic E-state index is 12.8. The van der Waals surface area contributed by atoms with Gasteiger partial charge in [0.2, 0.25) is 11.8 Å². The Morgan fingerprint density at radius 2 is 1.96 bits per heavy atom. The Morgan fingerprint density at radius 1 is 1.21 bits per heavy atom. The molecule has 1 aliphatic rings. The van der Waals surface area contributed by atoms with E-state index in [2.05, 4.69) is 5.32 Å². The van der Waals surface area contributed by atoms with E-state index in [9.17, 15) is 22.8 Å². The Hall–Kier alpha value is -3.03. The molecule has 1 fully saturated rings. The van der Waals surface area contributed by atoms with Crippen LogP contribution >= 0.6 is 0 Å². The first-order chi connectivity index (χ1) is 13.3. The molecule has 28 heavy (non-hydrogen) atoms. The lowest BCUT2D eigenvalue weighted by Gasteiger charge is -2.20. The molecule has 1 N–H and O–H groups in total. The fourth-order valence-electron chi connectivity index (χ4n) is 3.09. The van der Waals surface area contributed by atoms with Crippen molar-refractivity contribution in [3.8, 4) is 5.75 Å². The minimum Gasteiger partial charge on any atom is -0.492 e. The normalized spacial score (nSPS) is 16.9. The monoisotopic (exact) mass is 392 g/mol. The lowest BCUT2D eigenvalue weighted by Crippen LogP contribution is -2.28. The van der Waals surface area contributed by atoms with Crippen LogP contribution in [0.4, 0.5) is 24.5 Å². The molecule has 1 atom stereocenters. The SMILES string of the molecule is CCOc1ccccc1N1C[C@H](C(=O)Nc2cccc(C(F)(F)F)c2)CC1=O. The van der Waals surface area contributed by atoms with Crippen LogP contribution in [0.3, 0.4) is 0 Å². The van der Waals surface area contributed by atoms with Gasteiger partial charge >= 0.3 is 6.18 Å². The number of anilines is 2. The summed E-state index contributed by atoms with van der Waals surface area (Å²) in [7, 11) is 0. The summed E-state index contributed by atoms with van der Waals surface area (Å²) in [4.78, 5) is 26.4. The highest BCUT2D eigenvalue weighted by Crippen LogP contribution is 2.34. The van der Waals surface area contributed by atoms with E-state index in [1.165, 1.54) is 17.0 Å². The molecule has 0 aromatic heterocycles. The third-order valence-corrected chi connectivity index (χ3v) is 4.41. The summed E-state index contributed by atoms with van der Waals surface area (Å²) in [6.07, 6.45) is -4.52. The van der Waals surface area contributed by atoms with Gasteiger partial charge in [-0.3, -0.25) is 9.59 Å². The molecular formula is C20H19F3N2O3. The van der Waals surface area contributed by atoms with E-state index >= 15 is 0 Å². The van der Waals surface area contributed by atoms with Crippen molar-refractivity contribution in [3.63, 3.8) is 0 Å². The quantitative estimate of drug-likeness (QED) is 0.834. The highest BCUT2D eigenvalue weighted by Gasteiger charge is 2.36. The zero-order valence-corrected chi connectivity index (χ0v) is 15.1. The second kappa shape index (κ2) is 7.92. The van der Waals surface area contributed by atoms with Crippen molar-refractivity contribution in [3.05, 3.63) is 54.1 Å². The summed E-state index contributed by atoms with van der Waals surface area (Å²) < 4.78 is 44.0. The highest BCUT2D eigenvalue weighted by atomic mass is 19.4. The van der Waals surface area contributed by atoms with Crippen LogP contribution < -0.4 is 15.0 Å². The highest BCUT2D eigenvalue weighted by molar-refractivity contribution is 6.04. The summed E-state index contributed by atoms with van der Waals surface area (Å²) in [5, 5.41) is 2.48. The van der Waals surface area contributed by atoms with Crippen LogP contribution in [0.5, 0.6) is 5.75 Å². The largest absolute Gasteiger partial charge is 0.492 e. The molecule has 8 heteroatoms. The number of rotatable bonds is 5. The van der Waals surface area contributed by atoms with Gasteiger partial charge in [-0.2, -0.15) is 13.2 Å². The number of nitrogens with one attached hydrogen (secondary N) is 1. The topological polar surface area (TPSA) is 58.6 Å². The second-order valence-electron chi connectivity index (χ2n) is 6.37. The van der Waals surface area contributed by atoms with Crippen LogP contribution in [0.2, 0.25) is 0 Å². The molecular weight excluding hydrogens is 373 g/mol. The van der Waals surface area contributed by atoms with Crippen molar-refractivity contribution in [1.29, 1.82) is 0 Å². The van der Waals surface area contributed by atoms with Crippen molar-refractivity contribution < 1.29 is 27.5 Å². The number of hydrogen-bond acceptors (Lipinski definition) is 3. The molecule has 0 saturated carbocycles. The van der Waals surface area contributed by atoms with Crippen LogP contribution in [-0.4, -0.2) is 25.0 Å². The maximum Gasteiger partial charge on any atom is 0.416 e. The van der Waals surface area contributed by atoms with Crippen molar-refractivity contribution in [2.75, 3.05) is 23.4 Å². The Morgan fingerprint density at radius 3 is 2.68 bits per heavy atom. The van der Waals surface area contributed by atoms with Gasteiger partial charge in [-0.25, -0.2) is 0 Å². The number of carbonyl (C=O) groups is 2. The number of nitrogens with zero attached hydrogens (tertiary/aromatic N) is 1. The number of amides is 2. The number of halogens is 3. The zero-order chi connectivity index (χ0) is 20.3. The number of para-hydroxylation sites is 2. The molecule has 0 unspecified atom stereocenters. The smallest absolute Gasteiger partial charge is 0.416 e. The minimum atomic E-state index is -4.50. The molecule has 2 amide bonds. The summed E-state index contributed by atoms with van der Waals surface area (Å²) >= 11 is 0. The van der Waals surface area contributed by atoms with Crippen molar-refractivity contribution >= 4 is 23.2 Å². The number of carbonyl (C=O) groups excluding carboxylic acids is 2. The van der Waals surface area contributed by atoms with Gasteiger partial charge in [0.05, 0.1) is 23.8 Å². The Labute approximate surface area is 160 Å². The molecule has 0 bridgehead atoms. The van der Waals surface area contributed by atoms with E-state index in [4.69, 9.17) is 4.74 Å². The van der Waals surface area contributed by atoms with Gasteiger partial charge in [-0.15, -0.1) is 0 Å². The second-order valence-corrected chi connectivity index (χ2v) is 6.37. The first-order valence-corrected chi connectivity index (χ1v) is 8.80. The van der Waals surface area contributed by atoms with Crippen LogP contribution in [0.1, 0.15) is 18.9 Å². The van der Waals surface area contributed by atoms with Crippen molar-refractivity contribution in [2.24, 2.45) is 5.92 Å². The molecule has 148 valence electrons. The number of hydrogen-bond donors (Lipinski definition) is 1. The van der Waals surface area contributed by atoms with Gasteiger partial charge < -0.3 is 15.0 Å². The molecule has 1 saturated heterocycles. The van der Waals surface area contributed by atoms with Gasteiger partial charge in [0.15, 0.2) is 0 Å². The van der Waals surface area contributed by atoms with Gasteiger partial charge in [-0.05, 0) is 37.3 Å². The molecule has 2 aromatic carbocycles. The van der Waals surface area contributed by atoms with Gasteiger partial charge in [-0.1, -0.05) is 18.2 Å². The van der Waals surface area contributed by atoms with Crippen molar-refractivity contribution in [1.82, 2.24) is 0 Å². The molecule has 0 aliphatic carbocycles. The Bertz CT molecular complexity index is 883. The average molecular weight is 392 g/mol. The lowest BCUT2D eigenvalue weighted by atomic mass is 10.1. The van der Waals surface area contributed by atoms with Crippen LogP contribution in [-0.2, 0) is 15.8 Å². The van der Waals surface area contributed by atoms with E-state index in [0.717, 1.165) is 12.1 Å². The molecule has 0 spiro atoms. The van der Waals surface area contributed by atoms with Gasteiger partial charge in [0.1, 0.15) is 5.75 Å². The molecule has 1 aliphatic heterocycles. The van der Waals surface area contributed by atoms with E-state index in [1.807, 2.05) is 6.92 Å². The zero-order valence-electron chi connectivity index (χ0n) is 15.1. The fraction of sp³-hybridized carbons (Fsp3) is 0.300. The summed E-state index contributed by atoms with van der Waals surface area (Å²) in [6.45, 7) is 2.39. The van der Waals surface area contributed by atoms with Crippen LogP contribution in [0.25, 0.3) is 0 Å². The predicted octanol–water partition coefficient (Wildman–Crippen LogP) is 4.10. The van der Waals surface area contributed by atoms with E-state index < -0.39 is 23.6 Å². The van der Waals surface area contributed by atoms with Crippen molar-refractivity contribution in [2.45, 2.75) is 19.5 Å². The number of benzene rings is 2. The number of alkyl halides is 3. The van der Waals surface area contributed by atoms with E-state index in [0.29, 0.717) is 18.0 Å². The number of ether oxygens (including phenoxy) is 1. The Balaban J connectivity index is 1.73. The maximum absolute atomic E-state index is 12.8. The van der Waals surface area contributed by atoms with Crippen LogP contribution in [0.15, 0.2) is 48.5 Å². The molecule has 0 radical (unpaired) electrons. The van der Waals surface area contributed by atoms with Gasteiger partial charge in [0.25, 0.3) is 0 Å². The predicted molar refractivity (Wildman–Crippen MR) is 98.1 cm³/mol. The standard InChI is InChI=1S/C20H19F3N2O3/c1-2-28-17-9-4-3-8-16(17)25-12-13(10-18(25)26)19(27)24-15-7-5-6-14(11-15)20(21,22)23/h3-9,11,13H,2,10,12H2,1H3,(H,24,27)/t13-/m1/s1. The lowest BCUT2D eigenvalue weighted by molar-refractivity contribution is -0.137. The average Bonchev–Trinajstić information content (AvgIpc) is 3.04. The van der Waals surface area contributed by atoms with Crippen LogP contribution in [0, 0.1) is 5.92 Å².